The summed E-state index contributed by atoms with van der Waals surface area (Å²) in [5, 5.41) is 11.6. The summed E-state index contributed by atoms with van der Waals surface area (Å²) in [7, 11) is 0. The number of aliphatic hydroxyl groups excluding tert-OH is 1. The summed E-state index contributed by atoms with van der Waals surface area (Å²) in [5.41, 5.74) is 1.48. The van der Waals surface area contributed by atoms with E-state index in [-0.39, 0.29) is 36.4 Å². The SMILES string of the molecule is C=CC[C@@]1(C)C[C@H](c2cccc(Cl)c2)C(c2ccc(Cl)cc2)N([C@H](CO)C(C)C)C1=O. The molecule has 0 aromatic heterocycles. The molecule has 1 aliphatic rings. The fraction of sp³-hybridized carbons (Fsp3) is 0.423. The van der Waals surface area contributed by atoms with Gasteiger partial charge in [-0.05, 0) is 54.2 Å². The Bertz CT molecular complexity index is 927. The van der Waals surface area contributed by atoms with Gasteiger partial charge in [-0.1, -0.05) is 74.3 Å². The number of carbonyl (C=O) groups excluding carboxylic acids is 1. The molecule has 2 aromatic carbocycles. The van der Waals surface area contributed by atoms with Gasteiger partial charge in [-0.15, -0.1) is 6.58 Å². The molecular formula is C26H31Cl2NO2. The first-order valence-corrected chi connectivity index (χ1v) is 11.5. The lowest BCUT2D eigenvalue weighted by Gasteiger charge is -2.52. The first-order chi connectivity index (χ1) is 14.7. The maximum absolute atomic E-state index is 14.0. The standard InChI is InChI=1S/C26H31Cl2NO2/c1-5-13-26(4)15-22(19-7-6-8-21(28)14-19)24(18-9-11-20(27)12-10-18)29(25(26)31)23(16-30)17(2)3/h5-12,14,17,22-24,30H,1,13,15-16H2,2-4H3/t22-,23-,24?,26+/m1/s1. The summed E-state index contributed by atoms with van der Waals surface area (Å²) in [4.78, 5) is 15.9. The van der Waals surface area contributed by atoms with Crippen LogP contribution in [0.15, 0.2) is 61.2 Å². The number of carbonyl (C=O) groups is 1. The Labute approximate surface area is 195 Å². The van der Waals surface area contributed by atoms with Crippen molar-refractivity contribution >= 4 is 29.1 Å². The second-order valence-electron chi connectivity index (χ2n) is 9.12. The van der Waals surface area contributed by atoms with E-state index in [9.17, 15) is 9.90 Å². The first kappa shape index (κ1) is 23.8. The molecule has 31 heavy (non-hydrogen) atoms. The normalized spacial score (nSPS) is 25.0. The summed E-state index contributed by atoms with van der Waals surface area (Å²) in [5.74, 6) is 0.156. The number of piperidine rings is 1. The Balaban J connectivity index is 2.24. The van der Waals surface area contributed by atoms with Crippen LogP contribution in [0.4, 0.5) is 0 Å². The van der Waals surface area contributed by atoms with E-state index in [1.165, 1.54) is 0 Å². The molecule has 1 aliphatic heterocycles. The average Bonchev–Trinajstić information content (AvgIpc) is 2.72. The second-order valence-corrected chi connectivity index (χ2v) is 9.99. The van der Waals surface area contributed by atoms with Gasteiger partial charge in [0.1, 0.15) is 0 Å². The molecule has 5 heteroatoms. The average molecular weight is 460 g/mol. The molecule has 1 unspecified atom stereocenters. The van der Waals surface area contributed by atoms with Crippen LogP contribution in [0, 0.1) is 11.3 Å². The Kier molecular flexibility index (Phi) is 7.51. The number of amides is 1. The van der Waals surface area contributed by atoms with Gasteiger partial charge in [-0.25, -0.2) is 0 Å². The third-order valence-electron chi connectivity index (χ3n) is 6.50. The number of likely N-dealkylation sites (tertiary alicyclic amines) is 1. The van der Waals surface area contributed by atoms with E-state index >= 15 is 0 Å². The van der Waals surface area contributed by atoms with Crippen molar-refractivity contribution < 1.29 is 9.90 Å². The minimum absolute atomic E-state index is 0.00956. The predicted molar refractivity (Wildman–Crippen MR) is 128 cm³/mol. The van der Waals surface area contributed by atoms with Crippen LogP contribution >= 0.6 is 23.2 Å². The highest BCUT2D eigenvalue weighted by atomic mass is 35.5. The zero-order valence-electron chi connectivity index (χ0n) is 18.4. The minimum atomic E-state index is -0.611. The van der Waals surface area contributed by atoms with Gasteiger partial charge in [0.15, 0.2) is 0 Å². The molecule has 166 valence electrons. The summed E-state index contributed by atoms with van der Waals surface area (Å²) < 4.78 is 0. The van der Waals surface area contributed by atoms with Gasteiger partial charge in [-0.3, -0.25) is 4.79 Å². The quantitative estimate of drug-likeness (QED) is 0.470. The number of rotatable bonds is 7. The van der Waals surface area contributed by atoms with E-state index in [0.717, 1.165) is 11.1 Å². The highest BCUT2D eigenvalue weighted by Crippen LogP contribution is 2.52. The molecule has 3 rings (SSSR count). The van der Waals surface area contributed by atoms with Crippen molar-refractivity contribution in [3.63, 3.8) is 0 Å². The van der Waals surface area contributed by atoms with Crippen molar-refractivity contribution in [1.29, 1.82) is 0 Å². The molecule has 0 aliphatic carbocycles. The molecule has 3 nitrogen and oxygen atoms in total. The summed E-state index contributed by atoms with van der Waals surface area (Å²) in [6.07, 6.45) is 3.05. The lowest BCUT2D eigenvalue weighted by atomic mass is 9.66. The zero-order chi connectivity index (χ0) is 22.8. The highest BCUT2D eigenvalue weighted by molar-refractivity contribution is 6.30. The molecule has 2 aromatic rings. The number of allylic oxidation sites excluding steroid dienone is 1. The minimum Gasteiger partial charge on any atom is -0.394 e. The number of hydrogen-bond acceptors (Lipinski definition) is 2. The van der Waals surface area contributed by atoms with Crippen LogP contribution in [-0.4, -0.2) is 28.6 Å². The van der Waals surface area contributed by atoms with Crippen LogP contribution in [-0.2, 0) is 4.79 Å². The van der Waals surface area contributed by atoms with Crippen molar-refractivity contribution in [2.75, 3.05) is 6.61 Å². The van der Waals surface area contributed by atoms with E-state index in [1.54, 1.807) is 0 Å². The van der Waals surface area contributed by atoms with Gasteiger partial charge in [-0.2, -0.15) is 0 Å². The van der Waals surface area contributed by atoms with E-state index < -0.39 is 5.41 Å². The number of halogens is 2. The lowest BCUT2D eigenvalue weighted by molar-refractivity contribution is -0.157. The van der Waals surface area contributed by atoms with E-state index in [1.807, 2.05) is 74.2 Å². The van der Waals surface area contributed by atoms with E-state index in [2.05, 4.69) is 12.6 Å². The van der Waals surface area contributed by atoms with Crippen molar-refractivity contribution in [3.8, 4) is 0 Å². The molecule has 1 fully saturated rings. The molecule has 0 bridgehead atoms. The van der Waals surface area contributed by atoms with Crippen molar-refractivity contribution in [2.45, 2.75) is 51.6 Å². The van der Waals surface area contributed by atoms with Gasteiger partial charge in [0.2, 0.25) is 5.91 Å². The lowest BCUT2D eigenvalue weighted by Crippen LogP contribution is -2.57. The largest absolute Gasteiger partial charge is 0.394 e. The van der Waals surface area contributed by atoms with Gasteiger partial charge in [0.05, 0.1) is 24.1 Å². The van der Waals surface area contributed by atoms with Crippen molar-refractivity contribution in [2.24, 2.45) is 11.3 Å². The number of hydrogen-bond donors (Lipinski definition) is 1. The topological polar surface area (TPSA) is 40.5 Å². The Hall–Kier alpha value is -1.81. The van der Waals surface area contributed by atoms with Crippen LogP contribution in [0.1, 0.15) is 56.7 Å². The van der Waals surface area contributed by atoms with Gasteiger partial charge in [0.25, 0.3) is 0 Å². The number of benzene rings is 2. The van der Waals surface area contributed by atoms with Crippen LogP contribution in [0.3, 0.4) is 0 Å². The second kappa shape index (κ2) is 9.77. The highest BCUT2D eigenvalue weighted by Gasteiger charge is 2.51. The molecule has 0 saturated carbocycles. The molecular weight excluding hydrogens is 429 g/mol. The Morgan fingerprint density at radius 1 is 1.16 bits per heavy atom. The maximum atomic E-state index is 14.0. The Morgan fingerprint density at radius 2 is 1.84 bits per heavy atom. The zero-order valence-corrected chi connectivity index (χ0v) is 19.9. The third-order valence-corrected chi connectivity index (χ3v) is 6.99. The molecule has 1 heterocycles. The van der Waals surface area contributed by atoms with Crippen LogP contribution in [0.25, 0.3) is 0 Å². The third kappa shape index (κ3) is 4.84. The fourth-order valence-electron chi connectivity index (χ4n) is 4.87. The van der Waals surface area contributed by atoms with Crippen LogP contribution < -0.4 is 0 Å². The van der Waals surface area contributed by atoms with Gasteiger partial charge >= 0.3 is 0 Å². The van der Waals surface area contributed by atoms with Crippen LogP contribution in [0.5, 0.6) is 0 Å². The Morgan fingerprint density at radius 3 is 2.39 bits per heavy atom. The monoisotopic (exact) mass is 459 g/mol. The fourth-order valence-corrected chi connectivity index (χ4v) is 5.20. The van der Waals surface area contributed by atoms with Crippen molar-refractivity contribution in [1.82, 2.24) is 4.90 Å². The smallest absolute Gasteiger partial charge is 0.229 e. The summed E-state index contributed by atoms with van der Waals surface area (Å²) >= 11 is 12.5. The maximum Gasteiger partial charge on any atom is 0.229 e. The summed E-state index contributed by atoms with van der Waals surface area (Å²) in [6.45, 7) is 9.90. The van der Waals surface area contributed by atoms with Crippen molar-refractivity contribution in [3.05, 3.63) is 82.4 Å². The van der Waals surface area contributed by atoms with Gasteiger partial charge in [0, 0.05) is 16.0 Å². The molecule has 1 amide bonds. The van der Waals surface area contributed by atoms with E-state index in [4.69, 9.17) is 23.2 Å². The molecule has 1 saturated heterocycles. The molecule has 4 atom stereocenters. The molecule has 0 spiro atoms. The predicted octanol–water partition coefficient (Wildman–Crippen LogP) is 6.65. The van der Waals surface area contributed by atoms with E-state index in [0.29, 0.717) is 22.9 Å². The summed E-state index contributed by atoms with van der Waals surface area (Å²) in [6, 6.07) is 15.0. The first-order valence-electron chi connectivity index (χ1n) is 10.8. The molecule has 0 radical (unpaired) electrons. The van der Waals surface area contributed by atoms with Crippen LogP contribution in [0.2, 0.25) is 10.0 Å². The number of aliphatic hydroxyl groups is 1. The van der Waals surface area contributed by atoms with Gasteiger partial charge < -0.3 is 10.0 Å². The molecule has 1 N–H and O–H groups in total. The number of nitrogens with zero attached hydrogens (tertiary/aromatic N) is 1.